The molecule has 6 heteroatoms. The van der Waals surface area contributed by atoms with Crippen LogP contribution in [0.2, 0.25) is 0 Å². The third-order valence-electron chi connectivity index (χ3n) is 3.70. The van der Waals surface area contributed by atoms with E-state index in [9.17, 15) is 0 Å². The number of hydrogen-bond donors (Lipinski definition) is 2. The van der Waals surface area contributed by atoms with E-state index in [2.05, 4.69) is 34.6 Å². The quantitative estimate of drug-likeness (QED) is 0.393. The maximum atomic E-state index is 5.51. The molecule has 23 heavy (non-hydrogen) atoms. The van der Waals surface area contributed by atoms with Crippen LogP contribution in [0.4, 0.5) is 0 Å². The van der Waals surface area contributed by atoms with E-state index in [0.29, 0.717) is 12.5 Å². The summed E-state index contributed by atoms with van der Waals surface area (Å²) in [6.45, 7) is 10.6. The van der Waals surface area contributed by atoms with E-state index in [-0.39, 0.29) is 6.10 Å². The van der Waals surface area contributed by atoms with Gasteiger partial charge in [-0.1, -0.05) is 19.0 Å². The standard InChI is InChI=1S/C17H32N4O2/c1-6-14(7-2)16-11-15(23-21-16)12-20-17(18-5)19-9-8-10-22-13(3)4/h11,13-14H,6-10,12H2,1-5H3,(H2,18,19,20). The summed E-state index contributed by atoms with van der Waals surface area (Å²) in [6, 6.07) is 2.04. The number of hydrogen-bond acceptors (Lipinski definition) is 4. The molecular weight excluding hydrogens is 292 g/mol. The van der Waals surface area contributed by atoms with Gasteiger partial charge < -0.3 is 19.9 Å². The molecule has 0 fully saturated rings. The topological polar surface area (TPSA) is 71.7 Å². The molecule has 6 nitrogen and oxygen atoms in total. The molecule has 1 rings (SSSR count). The van der Waals surface area contributed by atoms with E-state index < -0.39 is 0 Å². The summed E-state index contributed by atoms with van der Waals surface area (Å²) in [5.41, 5.74) is 1.04. The van der Waals surface area contributed by atoms with E-state index in [1.165, 1.54) is 0 Å². The van der Waals surface area contributed by atoms with Gasteiger partial charge in [0, 0.05) is 32.2 Å². The van der Waals surface area contributed by atoms with Crippen molar-refractivity contribution in [3.8, 4) is 0 Å². The Morgan fingerprint density at radius 1 is 1.30 bits per heavy atom. The van der Waals surface area contributed by atoms with E-state index in [1.807, 2.05) is 19.9 Å². The zero-order valence-electron chi connectivity index (χ0n) is 15.2. The highest BCUT2D eigenvalue weighted by Crippen LogP contribution is 2.22. The third-order valence-corrected chi connectivity index (χ3v) is 3.70. The maximum absolute atomic E-state index is 5.51. The van der Waals surface area contributed by atoms with Crippen LogP contribution in [0.1, 0.15) is 64.3 Å². The minimum absolute atomic E-state index is 0.281. The molecule has 0 bridgehead atoms. The summed E-state index contributed by atoms with van der Waals surface area (Å²) in [5, 5.41) is 10.7. The van der Waals surface area contributed by atoms with E-state index in [0.717, 1.165) is 49.8 Å². The molecule has 1 aromatic heterocycles. The normalized spacial score (nSPS) is 12.2. The van der Waals surface area contributed by atoms with Gasteiger partial charge in [0.25, 0.3) is 0 Å². The molecule has 0 aliphatic rings. The molecule has 0 aliphatic heterocycles. The molecule has 0 amide bonds. The van der Waals surface area contributed by atoms with Crippen molar-refractivity contribution in [3.63, 3.8) is 0 Å². The van der Waals surface area contributed by atoms with Gasteiger partial charge in [-0.05, 0) is 33.1 Å². The highest BCUT2D eigenvalue weighted by atomic mass is 16.5. The van der Waals surface area contributed by atoms with Crippen molar-refractivity contribution in [2.75, 3.05) is 20.2 Å². The third kappa shape index (κ3) is 7.50. The fourth-order valence-electron chi connectivity index (χ4n) is 2.30. The first-order valence-electron chi connectivity index (χ1n) is 8.62. The molecule has 1 aromatic rings. The molecule has 0 unspecified atom stereocenters. The van der Waals surface area contributed by atoms with Crippen LogP contribution in [0.5, 0.6) is 0 Å². The number of nitrogens with zero attached hydrogens (tertiary/aromatic N) is 2. The van der Waals surface area contributed by atoms with Crippen molar-refractivity contribution in [3.05, 3.63) is 17.5 Å². The molecule has 0 saturated heterocycles. The van der Waals surface area contributed by atoms with Crippen LogP contribution in [0.25, 0.3) is 0 Å². The van der Waals surface area contributed by atoms with Crippen molar-refractivity contribution < 1.29 is 9.26 Å². The Labute approximate surface area is 140 Å². The SMILES string of the molecule is CCC(CC)c1cc(CNC(=NC)NCCCOC(C)C)on1. The first kappa shape index (κ1) is 19.5. The monoisotopic (exact) mass is 324 g/mol. The molecule has 2 N–H and O–H groups in total. The molecule has 0 aliphatic carbocycles. The summed E-state index contributed by atoms with van der Waals surface area (Å²) in [4.78, 5) is 4.20. The van der Waals surface area contributed by atoms with E-state index >= 15 is 0 Å². The summed E-state index contributed by atoms with van der Waals surface area (Å²) in [5.74, 6) is 2.07. The lowest BCUT2D eigenvalue weighted by Gasteiger charge is -2.11. The maximum Gasteiger partial charge on any atom is 0.191 e. The molecule has 132 valence electrons. The summed E-state index contributed by atoms with van der Waals surface area (Å²) in [6.07, 6.45) is 3.39. The molecule has 1 heterocycles. The fraction of sp³-hybridized carbons (Fsp3) is 0.765. The van der Waals surface area contributed by atoms with Gasteiger partial charge in [0.05, 0.1) is 18.3 Å². The number of rotatable bonds is 10. The Balaban J connectivity index is 2.32. The molecule has 0 aromatic carbocycles. The van der Waals surface area contributed by atoms with Crippen LogP contribution in [0.3, 0.4) is 0 Å². The van der Waals surface area contributed by atoms with Crippen LogP contribution >= 0.6 is 0 Å². The molecule has 0 atom stereocenters. The van der Waals surface area contributed by atoms with Crippen LogP contribution < -0.4 is 10.6 Å². The summed E-state index contributed by atoms with van der Waals surface area (Å²) >= 11 is 0. The predicted molar refractivity (Wildman–Crippen MR) is 93.7 cm³/mol. The minimum atomic E-state index is 0.281. The molecule has 0 saturated carbocycles. The van der Waals surface area contributed by atoms with Crippen molar-refractivity contribution >= 4 is 5.96 Å². The van der Waals surface area contributed by atoms with Crippen LogP contribution in [0.15, 0.2) is 15.6 Å². The van der Waals surface area contributed by atoms with Gasteiger partial charge in [-0.3, -0.25) is 4.99 Å². The Morgan fingerprint density at radius 2 is 2.04 bits per heavy atom. The van der Waals surface area contributed by atoms with Crippen molar-refractivity contribution in [1.29, 1.82) is 0 Å². The molecule has 0 spiro atoms. The second kappa shape index (κ2) is 11.0. The van der Waals surface area contributed by atoms with Gasteiger partial charge in [0.1, 0.15) is 0 Å². The minimum Gasteiger partial charge on any atom is -0.379 e. The summed E-state index contributed by atoms with van der Waals surface area (Å²) in [7, 11) is 1.76. The van der Waals surface area contributed by atoms with Crippen molar-refractivity contribution in [2.45, 2.75) is 65.5 Å². The summed E-state index contributed by atoms with van der Waals surface area (Å²) < 4.78 is 10.9. The van der Waals surface area contributed by atoms with Crippen LogP contribution in [0, 0.1) is 0 Å². The first-order chi connectivity index (χ1) is 11.1. The van der Waals surface area contributed by atoms with Gasteiger partial charge in [-0.2, -0.15) is 0 Å². The largest absolute Gasteiger partial charge is 0.379 e. The zero-order valence-corrected chi connectivity index (χ0v) is 15.2. The zero-order chi connectivity index (χ0) is 17.1. The number of nitrogens with one attached hydrogen (secondary N) is 2. The lowest BCUT2D eigenvalue weighted by atomic mass is 9.99. The average Bonchev–Trinajstić information content (AvgIpc) is 2.99. The fourth-order valence-corrected chi connectivity index (χ4v) is 2.30. The number of guanidine groups is 1. The Kier molecular flexibility index (Phi) is 9.36. The van der Waals surface area contributed by atoms with Gasteiger partial charge in [0.15, 0.2) is 11.7 Å². The highest BCUT2D eigenvalue weighted by molar-refractivity contribution is 5.79. The van der Waals surface area contributed by atoms with E-state index in [1.54, 1.807) is 7.05 Å². The number of ether oxygens (including phenoxy) is 1. The lowest BCUT2D eigenvalue weighted by Crippen LogP contribution is -2.37. The number of aromatic nitrogens is 1. The predicted octanol–water partition coefficient (Wildman–Crippen LogP) is 3.06. The van der Waals surface area contributed by atoms with Crippen molar-refractivity contribution in [2.24, 2.45) is 4.99 Å². The van der Waals surface area contributed by atoms with Gasteiger partial charge >= 0.3 is 0 Å². The van der Waals surface area contributed by atoms with Crippen molar-refractivity contribution in [1.82, 2.24) is 15.8 Å². The highest BCUT2D eigenvalue weighted by Gasteiger charge is 2.13. The lowest BCUT2D eigenvalue weighted by molar-refractivity contribution is 0.0776. The second-order valence-corrected chi connectivity index (χ2v) is 5.86. The average molecular weight is 324 g/mol. The molecule has 0 radical (unpaired) electrons. The Hall–Kier alpha value is -1.56. The van der Waals surface area contributed by atoms with Gasteiger partial charge in [-0.15, -0.1) is 0 Å². The van der Waals surface area contributed by atoms with Gasteiger partial charge in [0.2, 0.25) is 0 Å². The van der Waals surface area contributed by atoms with Crippen LogP contribution in [-0.4, -0.2) is 37.4 Å². The Bertz CT molecular complexity index is 453. The van der Waals surface area contributed by atoms with Gasteiger partial charge in [-0.25, -0.2) is 0 Å². The van der Waals surface area contributed by atoms with E-state index in [4.69, 9.17) is 9.26 Å². The number of aliphatic imine (C=N–C) groups is 1. The second-order valence-electron chi connectivity index (χ2n) is 5.86. The molecular formula is C17H32N4O2. The first-order valence-corrected chi connectivity index (χ1v) is 8.62. The Morgan fingerprint density at radius 3 is 2.65 bits per heavy atom. The smallest absolute Gasteiger partial charge is 0.191 e. The van der Waals surface area contributed by atoms with Crippen LogP contribution in [-0.2, 0) is 11.3 Å².